The lowest BCUT2D eigenvalue weighted by Crippen LogP contribution is -2.25. The number of carbonyl (C=O) groups excluding carboxylic acids is 1. The quantitative estimate of drug-likeness (QED) is 0.611. The van der Waals surface area contributed by atoms with E-state index in [0.717, 1.165) is 6.42 Å². The molecular weight excluding hydrogens is 174 g/mol. The SMILES string of the molecule is CCCOC(=O)NCCCC(=O)O. The molecule has 0 aliphatic rings. The van der Waals surface area contributed by atoms with Gasteiger partial charge in [-0.25, -0.2) is 4.79 Å². The van der Waals surface area contributed by atoms with Gasteiger partial charge in [-0.05, 0) is 12.8 Å². The molecule has 0 rings (SSSR count). The molecule has 0 unspecified atom stereocenters. The lowest BCUT2D eigenvalue weighted by atomic mass is 10.3. The summed E-state index contributed by atoms with van der Waals surface area (Å²) in [5.74, 6) is -0.858. The molecule has 0 fully saturated rings. The van der Waals surface area contributed by atoms with Crippen LogP contribution in [0.5, 0.6) is 0 Å². The van der Waals surface area contributed by atoms with Gasteiger partial charge in [-0.15, -0.1) is 0 Å². The first-order chi connectivity index (χ1) is 6.16. The number of carboxylic acid groups (broad SMARTS) is 1. The molecule has 0 aromatic carbocycles. The predicted molar refractivity (Wildman–Crippen MR) is 46.5 cm³/mol. The van der Waals surface area contributed by atoms with Crippen LogP contribution in [0.3, 0.4) is 0 Å². The molecule has 2 N–H and O–H groups in total. The number of hydrogen-bond acceptors (Lipinski definition) is 3. The Labute approximate surface area is 77.1 Å². The molecule has 5 heteroatoms. The van der Waals surface area contributed by atoms with Gasteiger partial charge in [0.15, 0.2) is 0 Å². The van der Waals surface area contributed by atoms with Gasteiger partial charge in [0.25, 0.3) is 0 Å². The zero-order valence-corrected chi connectivity index (χ0v) is 7.71. The van der Waals surface area contributed by atoms with E-state index in [2.05, 4.69) is 5.32 Å². The molecule has 1 amide bonds. The zero-order chi connectivity index (χ0) is 10.1. The Kier molecular flexibility index (Phi) is 6.68. The Morgan fingerprint density at radius 1 is 1.46 bits per heavy atom. The highest BCUT2D eigenvalue weighted by Crippen LogP contribution is 1.87. The minimum absolute atomic E-state index is 0.0635. The lowest BCUT2D eigenvalue weighted by molar-refractivity contribution is -0.137. The summed E-state index contributed by atoms with van der Waals surface area (Å²) in [6.07, 6.45) is 0.792. The summed E-state index contributed by atoms with van der Waals surface area (Å²) < 4.78 is 4.70. The van der Waals surface area contributed by atoms with Crippen molar-refractivity contribution in [1.82, 2.24) is 5.32 Å². The van der Waals surface area contributed by atoms with E-state index < -0.39 is 12.1 Å². The number of nitrogens with one attached hydrogen (secondary N) is 1. The molecule has 0 spiro atoms. The molecule has 0 heterocycles. The van der Waals surface area contributed by atoms with Crippen LogP contribution in [0.25, 0.3) is 0 Å². The molecule has 0 aromatic rings. The summed E-state index contributed by atoms with van der Waals surface area (Å²) in [5.41, 5.74) is 0. The van der Waals surface area contributed by atoms with E-state index in [4.69, 9.17) is 9.84 Å². The Balaban J connectivity index is 3.22. The van der Waals surface area contributed by atoms with Crippen molar-refractivity contribution in [2.24, 2.45) is 0 Å². The van der Waals surface area contributed by atoms with Crippen LogP contribution in [0, 0.1) is 0 Å². The summed E-state index contributed by atoms with van der Waals surface area (Å²) in [5, 5.41) is 10.7. The second kappa shape index (κ2) is 7.39. The largest absolute Gasteiger partial charge is 0.481 e. The number of alkyl carbamates (subject to hydrolysis) is 1. The van der Waals surface area contributed by atoms with E-state index in [1.807, 2.05) is 6.92 Å². The van der Waals surface area contributed by atoms with Crippen LogP contribution in [-0.4, -0.2) is 30.3 Å². The monoisotopic (exact) mass is 189 g/mol. The van der Waals surface area contributed by atoms with E-state index >= 15 is 0 Å². The van der Waals surface area contributed by atoms with Crippen molar-refractivity contribution in [1.29, 1.82) is 0 Å². The van der Waals surface area contributed by atoms with Gasteiger partial charge in [-0.2, -0.15) is 0 Å². The fraction of sp³-hybridized carbons (Fsp3) is 0.750. The molecule has 5 nitrogen and oxygen atoms in total. The van der Waals surface area contributed by atoms with Crippen LogP contribution in [0.1, 0.15) is 26.2 Å². The highest BCUT2D eigenvalue weighted by atomic mass is 16.5. The third-order valence-corrected chi connectivity index (χ3v) is 1.27. The van der Waals surface area contributed by atoms with E-state index in [-0.39, 0.29) is 6.42 Å². The van der Waals surface area contributed by atoms with E-state index in [0.29, 0.717) is 19.6 Å². The van der Waals surface area contributed by atoms with Crippen molar-refractivity contribution in [3.05, 3.63) is 0 Å². The highest BCUT2D eigenvalue weighted by molar-refractivity contribution is 5.68. The smallest absolute Gasteiger partial charge is 0.407 e. The van der Waals surface area contributed by atoms with Gasteiger partial charge in [0.1, 0.15) is 0 Å². The number of carbonyl (C=O) groups is 2. The molecule has 0 aliphatic carbocycles. The first-order valence-electron chi connectivity index (χ1n) is 4.29. The van der Waals surface area contributed by atoms with Crippen molar-refractivity contribution >= 4 is 12.1 Å². The third-order valence-electron chi connectivity index (χ3n) is 1.27. The van der Waals surface area contributed by atoms with Gasteiger partial charge in [0, 0.05) is 13.0 Å². The summed E-state index contributed by atoms with van der Waals surface area (Å²) >= 11 is 0. The van der Waals surface area contributed by atoms with Crippen molar-refractivity contribution in [2.45, 2.75) is 26.2 Å². The predicted octanol–water partition coefficient (Wildman–Crippen LogP) is 0.987. The van der Waals surface area contributed by atoms with E-state index in [1.54, 1.807) is 0 Å². The van der Waals surface area contributed by atoms with Crippen LogP contribution >= 0.6 is 0 Å². The van der Waals surface area contributed by atoms with Crippen molar-refractivity contribution < 1.29 is 19.4 Å². The molecule has 0 radical (unpaired) electrons. The minimum atomic E-state index is -0.858. The minimum Gasteiger partial charge on any atom is -0.481 e. The first-order valence-corrected chi connectivity index (χ1v) is 4.29. The maximum absolute atomic E-state index is 10.8. The second-order valence-corrected chi connectivity index (χ2v) is 2.56. The Morgan fingerprint density at radius 3 is 2.69 bits per heavy atom. The molecule has 0 aromatic heterocycles. The fourth-order valence-electron chi connectivity index (χ4n) is 0.676. The van der Waals surface area contributed by atoms with Crippen molar-refractivity contribution in [3.8, 4) is 0 Å². The van der Waals surface area contributed by atoms with Gasteiger partial charge in [-0.1, -0.05) is 6.92 Å². The average molecular weight is 189 g/mol. The highest BCUT2D eigenvalue weighted by Gasteiger charge is 2.00. The first kappa shape index (κ1) is 11.7. The van der Waals surface area contributed by atoms with E-state index in [1.165, 1.54) is 0 Å². The summed E-state index contributed by atoms with van der Waals surface area (Å²) in [6, 6.07) is 0. The Bertz CT molecular complexity index is 170. The molecule has 0 bridgehead atoms. The van der Waals surface area contributed by atoms with E-state index in [9.17, 15) is 9.59 Å². The maximum Gasteiger partial charge on any atom is 0.407 e. The summed E-state index contributed by atoms with van der Waals surface area (Å²) in [4.78, 5) is 20.8. The molecule has 76 valence electrons. The van der Waals surface area contributed by atoms with Gasteiger partial charge in [0.05, 0.1) is 6.61 Å². The Morgan fingerprint density at radius 2 is 2.15 bits per heavy atom. The van der Waals surface area contributed by atoms with Crippen LogP contribution < -0.4 is 5.32 Å². The third kappa shape index (κ3) is 8.65. The summed E-state index contributed by atoms with van der Waals surface area (Å²) in [6.45, 7) is 2.64. The van der Waals surface area contributed by atoms with Gasteiger partial charge in [0.2, 0.25) is 0 Å². The topological polar surface area (TPSA) is 75.6 Å². The van der Waals surface area contributed by atoms with Crippen molar-refractivity contribution in [3.63, 3.8) is 0 Å². The van der Waals surface area contributed by atoms with Gasteiger partial charge >= 0.3 is 12.1 Å². The number of carboxylic acids is 1. The molecule has 0 saturated carbocycles. The number of amides is 1. The average Bonchev–Trinajstić information content (AvgIpc) is 2.08. The molecule has 0 saturated heterocycles. The standard InChI is InChI=1S/C8H15NO4/c1-2-6-13-8(12)9-5-3-4-7(10)11/h2-6H2,1H3,(H,9,12)(H,10,11). The second-order valence-electron chi connectivity index (χ2n) is 2.56. The maximum atomic E-state index is 10.8. The van der Waals surface area contributed by atoms with Gasteiger partial charge < -0.3 is 15.2 Å². The van der Waals surface area contributed by atoms with Crippen molar-refractivity contribution in [2.75, 3.05) is 13.2 Å². The Hall–Kier alpha value is -1.26. The number of aliphatic carboxylic acids is 1. The van der Waals surface area contributed by atoms with Crippen LogP contribution in [0.15, 0.2) is 0 Å². The number of hydrogen-bond donors (Lipinski definition) is 2. The number of rotatable bonds is 6. The van der Waals surface area contributed by atoms with Crippen LogP contribution in [0.4, 0.5) is 4.79 Å². The fourth-order valence-corrected chi connectivity index (χ4v) is 0.676. The molecule has 13 heavy (non-hydrogen) atoms. The lowest BCUT2D eigenvalue weighted by Gasteiger charge is -2.04. The molecule has 0 atom stereocenters. The molecule has 0 aliphatic heterocycles. The van der Waals surface area contributed by atoms with Crippen LogP contribution in [-0.2, 0) is 9.53 Å². The normalized spacial score (nSPS) is 9.31. The summed E-state index contributed by atoms with van der Waals surface area (Å²) in [7, 11) is 0. The van der Waals surface area contributed by atoms with Crippen LogP contribution in [0.2, 0.25) is 0 Å². The van der Waals surface area contributed by atoms with Gasteiger partial charge in [-0.3, -0.25) is 4.79 Å². The molecular formula is C8H15NO4. The number of ether oxygens (including phenoxy) is 1. The zero-order valence-electron chi connectivity index (χ0n) is 7.71.